The molecule has 170 valence electrons. The van der Waals surface area contributed by atoms with E-state index in [-0.39, 0.29) is 11.5 Å². The Morgan fingerprint density at radius 1 is 1.20 bits per heavy atom. The van der Waals surface area contributed by atoms with Gasteiger partial charge in [-0.2, -0.15) is 0 Å². The first kappa shape index (κ1) is 23.7. The third-order valence-corrected chi connectivity index (χ3v) is 8.00. The Morgan fingerprint density at radius 2 is 1.87 bits per heavy atom. The second-order valence-corrected chi connectivity index (χ2v) is 10.8. The van der Waals surface area contributed by atoms with Gasteiger partial charge in [0.2, 0.25) is 0 Å². The van der Waals surface area contributed by atoms with Crippen LogP contribution in [0, 0.1) is 17.3 Å². The minimum absolute atomic E-state index is 0.203. The predicted octanol–water partition coefficient (Wildman–Crippen LogP) is 4.69. The smallest absolute Gasteiger partial charge is 0.0809 e. The lowest BCUT2D eigenvalue weighted by Gasteiger charge is -2.44. The molecule has 3 fully saturated rings. The van der Waals surface area contributed by atoms with Gasteiger partial charge in [-0.3, -0.25) is 0 Å². The molecule has 3 aliphatic carbocycles. The number of allylic oxidation sites excluding steroid dienone is 3. The molecule has 6 atom stereocenters. The van der Waals surface area contributed by atoms with Crippen LogP contribution in [0.2, 0.25) is 0 Å². The van der Waals surface area contributed by atoms with Crippen molar-refractivity contribution < 1.29 is 20.1 Å². The molecule has 0 radical (unpaired) electrons. The molecule has 0 amide bonds. The molecule has 0 aliphatic heterocycles. The third kappa shape index (κ3) is 5.27. The van der Waals surface area contributed by atoms with Crippen LogP contribution in [0.3, 0.4) is 0 Å². The second kappa shape index (κ2) is 9.28. The third-order valence-electron chi connectivity index (χ3n) is 8.00. The summed E-state index contributed by atoms with van der Waals surface area (Å²) in [5.74, 6) is 1.13. The van der Waals surface area contributed by atoms with Crippen LogP contribution in [0.25, 0.3) is 0 Å². The van der Waals surface area contributed by atoms with E-state index >= 15 is 0 Å². The SMILES string of the molecule is C=C1C(O)CC(=CC=C2CCCC3(C)C2CCC3C(C)OCCC(C)(C)O)CC1O. The topological polar surface area (TPSA) is 69.9 Å². The van der Waals surface area contributed by atoms with Gasteiger partial charge in [0.1, 0.15) is 0 Å². The van der Waals surface area contributed by atoms with E-state index in [1.165, 1.54) is 31.3 Å². The number of hydrogen-bond donors (Lipinski definition) is 3. The monoisotopic (exact) mass is 418 g/mol. The van der Waals surface area contributed by atoms with Gasteiger partial charge in [0, 0.05) is 6.61 Å². The van der Waals surface area contributed by atoms with Crippen molar-refractivity contribution in [2.24, 2.45) is 17.3 Å². The summed E-state index contributed by atoms with van der Waals surface area (Å²) >= 11 is 0. The molecule has 0 aromatic carbocycles. The molecular weight excluding hydrogens is 376 g/mol. The molecule has 0 aromatic rings. The minimum atomic E-state index is -0.678. The molecule has 0 spiro atoms. The van der Waals surface area contributed by atoms with Crippen LogP contribution in [-0.2, 0) is 4.74 Å². The van der Waals surface area contributed by atoms with Crippen molar-refractivity contribution in [2.45, 2.75) is 103 Å². The molecule has 6 unspecified atom stereocenters. The molecule has 0 aromatic heterocycles. The molecule has 3 aliphatic rings. The molecule has 3 rings (SSSR count). The van der Waals surface area contributed by atoms with Gasteiger partial charge in [0.05, 0.1) is 23.9 Å². The van der Waals surface area contributed by atoms with Gasteiger partial charge in [0.15, 0.2) is 0 Å². The quantitative estimate of drug-likeness (QED) is 0.547. The lowest BCUT2D eigenvalue weighted by molar-refractivity contribution is -0.0454. The number of rotatable bonds is 6. The lowest BCUT2D eigenvalue weighted by Crippen LogP contribution is -2.39. The highest BCUT2D eigenvalue weighted by molar-refractivity contribution is 5.29. The van der Waals surface area contributed by atoms with Gasteiger partial charge < -0.3 is 20.1 Å². The molecule has 4 heteroatoms. The van der Waals surface area contributed by atoms with Gasteiger partial charge in [0.25, 0.3) is 0 Å². The first-order valence-corrected chi connectivity index (χ1v) is 11.8. The molecule has 3 N–H and O–H groups in total. The summed E-state index contributed by atoms with van der Waals surface area (Å²) in [6, 6.07) is 0. The fraction of sp³-hybridized carbons (Fsp3) is 0.769. The average Bonchev–Trinajstić information content (AvgIpc) is 3.00. The second-order valence-electron chi connectivity index (χ2n) is 10.8. The largest absolute Gasteiger partial charge is 0.390 e. The standard InChI is InChI=1S/C26H42O4/c1-17-23(27)15-19(16-24(17)28)8-9-20-7-6-12-26(5)21(10-11-22(20)26)18(2)30-14-13-25(3,4)29/h8-9,18,21-24,27-29H,1,6-7,10-16H2,2-5H3. The number of fused-ring (bicyclic) bond motifs is 1. The molecule has 0 saturated heterocycles. The van der Waals surface area contributed by atoms with Crippen molar-refractivity contribution >= 4 is 0 Å². The van der Waals surface area contributed by atoms with Crippen LogP contribution in [0.4, 0.5) is 0 Å². The maximum Gasteiger partial charge on any atom is 0.0809 e. The van der Waals surface area contributed by atoms with Crippen molar-refractivity contribution in [1.29, 1.82) is 0 Å². The molecule has 3 saturated carbocycles. The molecule has 0 bridgehead atoms. The van der Waals surface area contributed by atoms with Gasteiger partial charge in [-0.15, -0.1) is 0 Å². The fourth-order valence-electron chi connectivity index (χ4n) is 6.09. The molecule has 30 heavy (non-hydrogen) atoms. The Kier molecular flexibility index (Phi) is 7.33. The van der Waals surface area contributed by atoms with Crippen molar-refractivity contribution in [3.8, 4) is 0 Å². The Hall–Kier alpha value is -0.940. The zero-order valence-electron chi connectivity index (χ0n) is 19.4. The van der Waals surface area contributed by atoms with Crippen LogP contribution in [0.5, 0.6) is 0 Å². The summed E-state index contributed by atoms with van der Waals surface area (Å²) in [5, 5.41) is 30.2. The Labute approximate surface area is 182 Å². The summed E-state index contributed by atoms with van der Waals surface area (Å²) < 4.78 is 6.18. The summed E-state index contributed by atoms with van der Waals surface area (Å²) in [5.41, 5.74) is 2.76. The Bertz CT molecular complexity index is 670. The van der Waals surface area contributed by atoms with Gasteiger partial charge in [-0.1, -0.05) is 36.8 Å². The summed E-state index contributed by atoms with van der Waals surface area (Å²) in [6.07, 6.45) is 11.2. The van der Waals surface area contributed by atoms with Crippen LogP contribution < -0.4 is 0 Å². The van der Waals surface area contributed by atoms with E-state index in [1.54, 1.807) is 0 Å². The summed E-state index contributed by atoms with van der Waals surface area (Å²) in [7, 11) is 0. The zero-order chi connectivity index (χ0) is 22.1. The van der Waals surface area contributed by atoms with Gasteiger partial charge in [-0.25, -0.2) is 0 Å². The predicted molar refractivity (Wildman–Crippen MR) is 121 cm³/mol. The van der Waals surface area contributed by atoms with E-state index in [9.17, 15) is 15.3 Å². The van der Waals surface area contributed by atoms with Crippen molar-refractivity contribution in [1.82, 2.24) is 0 Å². The molecule has 0 heterocycles. The number of hydrogen-bond acceptors (Lipinski definition) is 4. The molecular formula is C26H42O4. The highest BCUT2D eigenvalue weighted by atomic mass is 16.5. The van der Waals surface area contributed by atoms with E-state index in [2.05, 4.69) is 32.6 Å². The normalized spacial score (nSPS) is 37.4. The maximum absolute atomic E-state index is 10.1. The Balaban J connectivity index is 1.67. The number of aliphatic hydroxyl groups is 3. The number of ether oxygens (including phenoxy) is 1. The number of aliphatic hydroxyl groups excluding tert-OH is 2. The van der Waals surface area contributed by atoms with E-state index < -0.39 is 17.8 Å². The highest BCUT2D eigenvalue weighted by Crippen LogP contribution is 2.58. The van der Waals surface area contributed by atoms with Crippen molar-refractivity contribution in [3.63, 3.8) is 0 Å². The molecule has 4 nitrogen and oxygen atoms in total. The van der Waals surface area contributed by atoms with Crippen LogP contribution in [-0.4, -0.2) is 45.8 Å². The fourth-order valence-corrected chi connectivity index (χ4v) is 6.09. The van der Waals surface area contributed by atoms with E-state index in [0.29, 0.717) is 43.3 Å². The summed E-state index contributed by atoms with van der Waals surface area (Å²) in [4.78, 5) is 0. The van der Waals surface area contributed by atoms with E-state index in [1.807, 2.05) is 13.8 Å². The van der Waals surface area contributed by atoms with Gasteiger partial charge >= 0.3 is 0 Å². The van der Waals surface area contributed by atoms with E-state index in [0.717, 1.165) is 12.0 Å². The van der Waals surface area contributed by atoms with Crippen LogP contribution in [0.15, 0.2) is 35.5 Å². The summed E-state index contributed by atoms with van der Waals surface area (Å²) in [6.45, 7) is 12.7. The van der Waals surface area contributed by atoms with Crippen molar-refractivity contribution in [2.75, 3.05) is 6.61 Å². The average molecular weight is 419 g/mol. The first-order valence-electron chi connectivity index (χ1n) is 11.8. The lowest BCUT2D eigenvalue weighted by atomic mass is 9.62. The van der Waals surface area contributed by atoms with Crippen LogP contribution >= 0.6 is 0 Å². The van der Waals surface area contributed by atoms with Crippen LogP contribution in [0.1, 0.15) is 79.1 Å². The maximum atomic E-state index is 10.1. The zero-order valence-corrected chi connectivity index (χ0v) is 19.4. The first-order chi connectivity index (χ1) is 14.0. The minimum Gasteiger partial charge on any atom is -0.390 e. The van der Waals surface area contributed by atoms with Crippen molar-refractivity contribution in [3.05, 3.63) is 35.5 Å². The van der Waals surface area contributed by atoms with Gasteiger partial charge in [-0.05, 0) is 95.0 Å². The Morgan fingerprint density at radius 3 is 2.50 bits per heavy atom. The van der Waals surface area contributed by atoms with E-state index in [4.69, 9.17) is 4.74 Å². The highest BCUT2D eigenvalue weighted by Gasteiger charge is 2.51.